The number of unbranched alkanes of at least 4 members (excludes halogenated alkanes) is 40. The smallest absolute Gasteiger partial charge is 0.462 e. The van der Waals surface area contributed by atoms with Crippen LogP contribution in [0.2, 0.25) is 0 Å². The molecule has 3 N–H and O–H groups in total. The van der Waals surface area contributed by atoms with E-state index >= 15 is 0 Å². The first-order chi connectivity index (χ1) is 45.8. The number of hydrogen-bond donors (Lipinski definition) is 3. The molecule has 0 aromatic carbocycles. The summed E-state index contributed by atoms with van der Waals surface area (Å²) in [4.78, 5) is 72.8. The zero-order valence-electron chi connectivity index (χ0n) is 62.1. The maximum atomic E-state index is 13.1. The average molecular weight is 1400 g/mol. The first-order valence-corrected chi connectivity index (χ1v) is 42.4. The normalized spacial score (nSPS) is 14.6. The van der Waals surface area contributed by atoms with Gasteiger partial charge < -0.3 is 33.8 Å². The van der Waals surface area contributed by atoms with E-state index in [2.05, 4.69) is 48.5 Å². The highest BCUT2D eigenvalue weighted by Crippen LogP contribution is 2.45. The lowest BCUT2D eigenvalue weighted by molar-refractivity contribution is -0.161. The Balaban J connectivity index is 5.25. The second kappa shape index (κ2) is 66.6. The molecule has 0 fully saturated rings. The van der Waals surface area contributed by atoms with Crippen molar-refractivity contribution in [1.82, 2.24) is 0 Å². The van der Waals surface area contributed by atoms with Crippen LogP contribution >= 0.6 is 15.6 Å². The minimum Gasteiger partial charge on any atom is -0.462 e. The molecule has 95 heavy (non-hydrogen) atoms. The first kappa shape index (κ1) is 93.1. The Kier molecular flexibility index (Phi) is 65.2. The highest BCUT2D eigenvalue weighted by molar-refractivity contribution is 7.47. The van der Waals surface area contributed by atoms with E-state index in [1.165, 1.54) is 199 Å². The summed E-state index contributed by atoms with van der Waals surface area (Å²) in [5, 5.41) is 10.6. The highest BCUT2D eigenvalue weighted by Gasteiger charge is 2.30. The summed E-state index contributed by atoms with van der Waals surface area (Å²) in [6.07, 6.45) is 52.5. The van der Waals surface area contributed by atoms with E-state index in [4.69, 9.17) is 37.0 Å². The fourth-order valence-corrected chi connectivity index (χ4v) is 13.1. The third-order valence-corrected chi connectivity index (χ3v) is 20.3. The van der Waals surface area contributed by atoms with Crippen molar-refractivity contribution >= 4 is 39.5 Å². The topological polar surface area (TPSA) is 237 Å². The Morgan fingerprint density at radius 2 is 0.537 bits per heavy atom. The Labute approximate surface area is 581 Å². The molecule has 0 aliphatic carbocycles. The molecule has 0 rings (SSSR count). The van der Waals surface area contributed by atoms with Crippen LogP contribution in [0.1, 0.15) is 389 Å². The Morgan fingerprint density at radius 1 is 0.305 bits per heavy atom. The number of rotatable bonds is 74. The quantitative estimate of drug-likeness (QED) is 0.0222. The van der Waals surface area contributed by atoms with E-state index in [9.17, 15) is 43.2 Å². The van der Waals surface area contributed by atoms with Gasteiger partial charge in [0.15, 0.2) is 12.2 Å². The lowest BCUT2D eigenvalue weighted by Gasteiger charge is -2.21. The Morgan fingerprint density at radius 3 is 0.800 bits per heavy atom. The average Bonchev–Trinajstić information content (AvgIpc) is 1.47. The molecule has 0 radical (unpaired) electrons. The van der Waals surface area contributed by atoms with Gasteiger partial charge in [0.25, 0.3) is 0 Å². The van der Waals surface area contributed by atoms with Crippen LogP contribution in [0.15, 0.2) is 0 Å². The predicted octanol–water partition coefficient (Wildman–Crippen LogP) is 22.2. The van der Waals surface area contributed by atoms with Gasteiger partial charge in [0, 0.05) is 25.7 Å². The number of phosphoric acid groups is 2. The Hall–Kier alpha value is -1.94. The largest absolute Gasteiger partial charge is 0.472 e. The molecule has 19 heteroatoms. The molecule has 0 saturated carbocycles. The monoisotopic (exact) mass is 1400 g/mol. The van der Waals surface area contributed by atoms with Gasteiger partial charge in [-0.2, -0.15) is 0 Å². The summed E-state index contributed by atoms with van der Waals surface area (Å²) in [5.74, 6) is 0.279. The van der Waals surface area contributed by atoms with Gasteiger partial charge in [0.2, 0.25) is 0 Å². The minimum atomic E-state index is -4.96. The molecular formula is C76H148O17P2. The van der Waals surface area contributed by atoms with Gasteiger partial charge in [-0.05, 0) is 43.4 Å². The maximum absolute atomic E-state index is 13.1. The fourth-order valence-electron chi connectivity index (χ4n) is 11.5. The molecule has 4 unspecified atom stereocenters. The van der Waals surface area contributed by atoms with Crippen molar-refractivity contribution in [3.8, 4) is 0 Å². The van der Waals surface area contributed by atoms with Crippen molar-refractivity contribution in [2.75, 3.05) is 39.6 Å². The van der Waals surface area contributed by atoms with E-state index < -0.39 is 97.5 Å². The number of aliphatic hydroxyl groups is 1. The lowest BCUT2D eigenvalue weighted by atomic mass is 9.99. The van der Waals surface area contributed by atoms with Gasteiger partial charge >= 0.3 is 39.5 Å². The number of aliphatic hydroxyl groups excluding tert-OH is 1. The summed E-state index contributed by atoms with van der Waals surface area (Å²) in [5.41, 5.74) is 0. The van der Waals surface area contributed by atoms with Gasteiger partial charge in [-0.1, -0.05) is 337 Å². The van der Waals surface area contributed by atoms with Crippen LogP contribution in [0.4, 0.5) is 0 Å². The van der Waals surface area contributed by atoms with E-state index in [1.54, 1.807) is 0 Å². The fraction of sp³-hybridized carbons (Fsp3) is 0.947. The first-order valence-electron chi connectivity index (χ1n) is 39.4. The molecular weight excluding hydrogens is 1250 g/mol. The SMILES string of the molecule is CCCCCCCCCCCCC(=O)OC[C@H](COP(=O)(O)OC[C@H](O)COP(=O)(O)OC[C@@H](COC(=O)CCCCCCCCCCCCCCC(C)C)OC(=O)CCCCCCCCCCCCCCCCC(C)CC)OC(=O)CCCCCCCCCCC(C)CC. The van der Waals surface area contributed by atoms with Crippen molar-refractivity contribution in [2.45, 2.75) is 407 Å². The zero-order chi connectivity index (χ0) is 70.1. The van der Waals surface area contributed by atoms with Crippen LogP contribution in [0.5, 0.6) is 0 Å². The zero-order valence-corrected chi connectivity index (χ0v) is 63.9. The standard InChI is InChI=1S/C76H148O17P2/c1-8-11-12-13-14-15-28-36-43-50-57-73(78)86-64-72(93-76(81)60-53-46-39-32-31-35-42-49-56-69(7)10-3)66-91-95(84,85)89-62-70(77)61-88-94(82,83)90-65-71(63-87-74(79)58-51-44-37-29-24-21-20-22-26-33-40-47-54-67(4)5)92-75(80)59-52-45-38-30-25-19-17-16-18-23-27-34-41-48-55-68(6)9-2/h67-72,77H,8-66H2,1-7H3,(H,82,83)(H,84,85)/t68?,69?,70-,71-,72-/m1/s1. The van der Waals surface area contributed by atoms with E-state index in [0.717, 1.165) is 108 Å². The van der Waals surface area contributed by atoms with Gasteiger partial charge in [-0.3, -0.25) is 37.3 Å². The molecule has 0 amide bonds. The van der Waals surface area contributed by atoms with Gasteiger partial charge in [-0.25, -0.2) is 9.13 Å². The van der Waals surface area contributed by atoms with E-state index in [1.807, 2.05) is 0 Å². The van der Waals surface area contributed by atoms with Gasteiger partial charge in [0.1, 0.15) is 19.3 Å². The number of ether oxygens (including phenoxy) is 4. The van der Waals surface area contributed by atoms with Crippen LogP contribution < -0.4 is 0 Å². The summed E-state index contributed by atoms with van der Waals surface area (Å²) in [6, 6.07) is 0. The van der Waals surface area contributed by atoms with Crippen molar-refractivity contribution in [3.05, 3.63) is 0 Å². The second-order valence-electron chi connectivity index (χ2n) is 28.4. The van der Waals surface area contributed by atoms with Gasteiger partial charge in [-0.15, -0.1) is 0 Å². The number of phosphoric ester groups is 2. The van der Waals surface area contributed by atoms with Crippen LogP contribution in [-0.4, -0.2) is 96.7 Å². The third kappa shape index (κ3) is 67.6. The number of esters is 4. The lowest BCUT2D eigenvalue weighted by Crippen LogP contribution is -2.30. The molecule has 0 saturated heterocycles. The van der Waals surface area contributed by atoms with Crippen molar-refractivity contribution in [1.29, 1.82) is 0 Å². The predicted molar refractivity (Wildman–Crippen MR) is 386 cm³/mol. The second-order valence-corrected chi connectivity index (χ2v) is 31.3. The molecule has 0 aromatic heterocycles. The van der Waals surface area contributed by atoms with Crippen LogP contribution in [0.3, 0.4) is 0 Å². The summed E-state index contributed by atoms with van der Waals surface area (Å²) < 4.78 is 68.5. The van der Waals surface area contributed by atoms with Crippen molar-refractivity contribution < 1.29 is 80.2 Å². The minimum absolute atomic E-state index is 0.105. The summed E-state index contributed by atoms with van der Waals surface area (Å²) >= 11 is 0. The van der Waals surface area contributed by atoms with Crippen LogP contribution in [-0.2, 0) is 65.4 Å². The number of hydrogen-bond acceptors (Lipinski definition) is 15. The van der Waals surface area contributed by atoms with E-state index in [-0.39, 0.29) is 25.7 Å². The van der Waals surface area contributed by atoms with Gasteiger partial charge in [0.05, 0.1) is 26.4 Å². The molecule has 7 atom stereocenters. The summed E-state index contributed by atoms with van der Waals surface area (Å²) in [6.45, 7) is 12.0. The third-order valence-electron chi connectivity index (χ3n) is 18.4. The molecule has 0 aromatic rings. The molecule has 564 valence electrons. The highest BCUT2D eigenvalue weighted by atomic mass is 31.2. The van der Waals surface area contributed by atoms with Crippen LogP contribution in [0.25, 0.3) is 0 Å². The summed E-state index contributed by atoms with van der Waals surface area (Å²) in [7, 11) is -9.91. The Bertz CT molecular complexity index is 1860. The van der Waals surface area contributed by atoms with Crippen LogP contribution in [0, 0.1) is 17.8 Å². The van der Waals surface area contributed by atoms with Crippen molar-refractivity contribution in [2.24, 2.45) is 17.8 Å². The van der Waals surface area contributed by atoms with Crippen molar-refractivity contribution in [3.63, 3.8) is 0 Å². The maximum Gasteiger partial charge on any atom is 0.472 e. The van der Waals surface area contributed by atoms with E-state index in [0.29, 0.717) is 25.7 Å². The molecule has 0 heterocycles. The molecule has 0 bridgehead atoms. The molecule has 0 aliphatic heterocycles. The molecule has 0 spiro atoms. The number of carbonyl (C=O) groups excluding carboxylic acids is 4. The molecule has 17 nitrogen and oxygen atoms in total. The number of carbonyl (C=O) groups is 4. The molecule has 0 aliphatic rings.